The van der Waals surface area contributed by atoms with Crippen molar-refractivity contribution < 1.29 is 14.5 Å². The van der Waals surface area contributed by atoms with Gasteiger partial charge >= 0.3 is 0 Å². The lowest BCUT2D eigenvalue weighted by molar-refractivity contribution is -0.384. The van der Waals surface area contributed by atoms with Crippen LogP contribution < -0.4 is 4.74 Å². The average Bonchev–Trinajstić information content (AvgIpc) is 2.28. The molecule has 0 unspecified atom stereocenters. The van der Waals surface area contributed by atoms with E-state index in [1.54, 1.807) is 6.42 Å². The van der Waals surface area contributed by atoms with E-state index in [0.29, 0.717) is 12.0 Å². The highest BCUT2D eigenvalue weighted by molar-refractivity contribution is 5.80. The molecule has 1 rings (SSSR count). The zero-order chi connectivity index (χ0) is 12.8. The van der Waals surface area contributed by atoms with Crippen LogP contribution in [0.15, 0.2) is 30.4 Å². The molecule has 5 heteroatoms. The second-order valence-corrected chi connectivity index (χ2v) is 3.46. The van der Waals surface area contributed by atoms with Crippen molar-refractivity contribution in [2.45, 2.75) is 6.92 Å². The number of carbonyl (C=O) groups is 1. The highest BCUT2D eigenvalue weighted by Gasteiger charge is 2.11. The highest BCUT2D eigenvalue weighted by Crippen LogP contribution is 2.22. The summed E-state index contributed by atoms with van der Waals surface area (Å²) in [6, 6.07) is 3.89. The van der Waals surface area contributed by atoms with E-state index in [-0.39, 0.29) is 17.9 Å². The Labute approximate surface area is 98.9 Å². The number of rotatable bonds is 6. The van der Waals surface area contributed by atoms with E-state index in [4.69, 9.17) is 4.74 Å². The molecule has 0 atom stereocenters. The fourth-order valence-electron chi connectivity index (χ4n) is 1.15. The van der Waals surface area contributed by atoms with Crippen LogP contribution in [0.5, 0.6) is 5.75 Å². The Bertz CT molecular complexity index is 454. The number of nitrogens with zero attached hydrogens (tertiary/aromatic N) is 1. The number of non-ortho nitro benzene ring substituents is 1. The number of nitro benzene ring substituents is 1. The summed E-state index contributed by atoms with van der Waals surface area (Å²) in [7, 11) is 0. The molecule has 0 aromatic heterocycles. The van der Waals surface area contributed by atoms with Crippen molar-refractivity contribution in [3.05, 3.63) is 52.4 Å². The van der Waals surface area contributed by atoms with Crippen LogP contribution in [0, 0.1) is 16.5 Å². The van der Waals surface area contributed by atoms with Gasteiger partial charge in [0, 0.05) is 18.7 Å². The quantitative estimate of drug-likeness (QED) is 0.328. The Morgan fingerprint density at radius 3 is 2.88 bits per heavy atom. The van der Waals surface area contributed by atoms with E-state index in [2.05, 4.69) is 6.58 Å². The fourth-order valence-corrected chi connectivity index (χ4v) is 1.15. The SMILES string of the molecule is C=C(C)[CH+]COc1ccc([N+](=O)[O-])cc1C=O. The van der Waals surface area contributed by atoms with Crippen molar-refractivity contribution in [2.24, 2.45) is 0 Å². The Hall–Kier alpha value is -2.30. The van der Waals surface area contributed by atoms with Crippen LogP contribution in [0.3, 0.4) is 0 Å². The Balaban J connectivity index is 2.82. The predicted octanol–water partition coefficient (Wildman–Crippen LogP) is 2.57. The van der Waals surface area contributed by atoms with Crippen molar-refractivity contribution in [3.8, 4) is 5.75 Å². The molecule has 0 aliphatic rings. The van der Waals surface area contributed by atoms with Crippen LogP contribution in [-0.4, -0.2) is 17.8 Å². The molecular formula is C12H12NO4+. The van der Waals surface area contributed by atoms with Crippen molar-refractivity contribution >= 4 is 12.0 Å². The standard InChI is InChI=1S/C12H12NO4/c1-9(2)5-6-17-12-4-3-11(13(15)16)7-10(12)8-14/h3-5,7-8H,1,6H2,2H3/q+1. The lowest BCUT2D eigenvalue weighted by atomic mass is 10.2. The largest absolute Gasteiger partial charge is 0.470 e. The first kappa shape index (κ1) is 12.8. The molecule has 0 heterocycles. The van der Waals surface area contributed by atoms with Crippen LogP contribution in [0.25, 0.3) is 0 Å². The van der Waals surface area contributed by atoms with Gasteiger partial charge in [-0.2, -0.15) is 0 Å². The number of ether oxygens (including phenoxy) is 1. The summed E-state index contributed by atoms with van der Waals surface area (Å²) in [5.41, 5.74) is 0.872. The number of hydrogen-bond donors (Lipinski definition) is 0. The van der Waals surface area contributed by atoms with Crippen LogP contribution in [0.1, 0.15) is 17.3 Å². The van der Waals surface area contributed by atoms with Crippen molar-refractivity contribution in [2.75, 3.05) is 6.61 Å². The van der Waals surface area contributed by atoms with Crippen LogP contribution in [-0.2, 0) is 0 Å². The summed E-state index contributed by atoms with van der Waals surface area (Å²) in [6.45, 7) is 5.76. The molecule has 5 nitrogen and oxygen atoms in total. The molecule has 0 N–H and O–H groups in total. The number of aldehydes is 1. The minimum atomic E-state index is -0.559. The number of benzene rings is 1. The van der Waals surface area contributed by atoms with E-state index < -0.39 is 4.92 Å². The molecule has 88 valence electrons. The number of nitro groups is 1. The van der Waals surface area contributed by atoms with Crippen molar-refractivity contribution in [1.29, 1.82) is 0 Å². The van der Waals surface area contributed by atoms with E-state index in [9.17, 15) is 14.9 Å². The van der Waals surface area contributed by atoms with Crippen molar-refractivity contribution in [1.82, 2.24) is 0 Å². The second kappa shape index (κ2) is 5.69. The molecule has 0 amide bonds. The minimum absolute atomic E-state index is 0.136. The Morgan fingerprint density at radius 2 is 2.35 bits per heavy atom. The normalized spacial score (nSPS) is 9.47. The van der Waals surface area contributed by atoms with Gasteiger partial charge in [-0.25, -0.2) is 0 Å². The molecule has 0 bridgehead atoms. The third kappa shape index (κ3) is 3.64. The van der Waals surface area contributed by atoms with E-state index in [1.165, 1.54) is 18.2 Å². The fraction of sp³-hybridized carbons (Fsp3) is 0.167. The summed E-state index contributed by atoms with van der Waals surface area (Å²) >= 11 is 0. The van der Waals surface area contributed by atoms with Gasteiger partial charge < -0.3 is 4.74 Å². The first-order chi connectivity index (χ1) is 8.04. The molecule has 0 aliphatic heterocycles. The first-order valence-corrected chi connectivity index (χ1v) is 4.89. The van der Waals surface area contributed by atoms with Crippen LogP contribution >= 0.6 is 0 Å². The average molecular weight is 234 g/mol. The predicted molar refractivity (Wildman–Crippen MR) is 63.1 cm³/mol. The third-order valence-corrected chi connectivity index (χ3v) is 2.00. The van der Waals surface area contributed by atoms with Gasteiger partial charge in [-0.15, -0.1) is 0 Å². The van der Waals surface area contributed by atoms with E-state index in [0.717, 1.165) is 5.57 Å². The topological polar surface area (TPSA) is 69.4 Å². The molecule has 1 aromatic rings. The van der Waals surface area contributed by atoms with Crippen LogP contribution in [0.2, 0.25) is 0 Å². The van der Waals surface area contributed by atoms with Gasteiger partial charge in [0.1, 0.15) is 5.75 Å². The van der Waals surface area contributed by atoms with Gasteiger partial charge in [0.25, 0.3) is 5.69 Å². The van der Waals surface area contributed by atoms with Gasteiger partial charge in [-0.05, 0) is 13.0 Å². The van der Waals surface area contributed by atoms with Crippen LogP contribution in [0.4, 0.5) is 5.69 Å². The van der Waals surface area contributed by atoms with E-state index in [1.807, 2.05) is 6.92 Å². The van der Waals surface area contributed by atoms with Gasteiger partial charge in [-0.1, -0.05) is 0 Å². The zero-order valence-electron chi connectivity index (χ0n) is 9.38. The van der Waals surface area contributed by atoms with Gasteiger partial charge in [0.15, 0.2) is 12.9 Å². The maximum atomic E-state index is 10.8. The molecule has 0 fully saturated rings. The highest BCUT2D eigenvalue weighted by atomic mass is 16.6. The molecule has 0 aliphatic carbocycles. The molecule has 0 saturated heterocycles. The molecular weight excluding hydrogens is 222 g/mol. The zero-order valence-corrected chi connectivity index (χ0v) is 9.38. The van der Waals surface area contributed by atoms with Gasteiger partial charge in [0.2, 0.25) is 0 Å². The maximum absolute atomic E-state index is 10.8. The summed E-state index contributed by atoms with van der Waals surface area (Å²) in [5.74, 6) is 0.322. The van der Waals surface area contributed by atoms with E-state index >= 15 is 0 Å². The third-order valence-electron chi connectivity index (χ3n) is 2.00. The molecule has 0 saturated carbocycles. The molecule has 0 spiro atoms. The summed E-state index contributed by atoms with van der Waals surface area (Å²) < 4.78 is 5.30. The van der Waals surface area contributed by atoms with Gasteiger partial charge in [0.05, 0.1) is 22.5 Å². The monoisotopic (exact) mass is 234 g/mol. The lowest BCUT2D eigenvalue weighted by Gasteiger charge is -2.05. The summed E-state index contributed by atoms with van der Waals surface area (Å²) in [6.07, 6.45) is 2.28. The Kier molecular flexibility index (Phi) is 4.28. The molecule has 1 aromatic carbocycles. The smallest absolute Gasteiger partial charge is 0.270 e. The maximum Gasteiger partial charge on any atom is 0.270 e. The number of carbonyl (C=O) groups excluding carboxylic acids is 1. The molecule has 17 heavy (non-hydrogen) atoms. The lowest BCUT2D eigenvalue weighted by Crippen LogP contribution is -2.01. The Morgan fingerprint density at radius 1 is 1.65 bits per heavy atom. The first-order valence-electron chi connectivity index (χ1n) is 4.89. The summed E-state index contributed by atoms with van der Waals surface area (Å²) in [4.78, 5) is 20.7. The molecule has 0 radical (unpaired) electrons. The second-order valence-electron chi connectivity index (χ2n) is 3.46. The number of hydrogen-bond acceptors (Lipinski definition) is 4. The minimum Gasteiger partial charge on any atom is -0.470 e. The van der Waals surface area contributed by atoms with Gasteiger partial charge in [-0.3, -0.25) is 14.9 Å². The van der Waals surface area contributed by atoms with Crippen molar-refractivity contribution in [3.63, 3.8) is 0 Å². The summed E-state index contributed by atoms with van der Waals surface area (Å²) in [5, 5.41) is 10.5.